The summed E-state index contributed by atoms with van der Waals surface area (Å²) < 4.78 is 73.1. The zero-order valence-electron chi connectivity index (χ0n) is 14.2. The molecule has 2 aromatic heterocycles. The number of hydrogen-bond donors (Lipinski definition) is 0. The number of carbonyl (C=O) groups excluding carboxylic acids is 1. The largest absolute Gasteiger partial charge is 0.465 e. The normalized spacial score (nSPS) is 12.6. The van der Waals surface area contributed by atoms with Crippen LogP contribution >= 0.6 is 0 Å². The third kappa shape index (κ3) is 3.17. The van der Waals surface area contributed by atoms with E-state index in [0.29, 0.717) is 0 Å². The van der Waals surface area contributed by atoms with Crippen LogP contribution in [0.15, 0.2) is 10.9 Å². The first-order valence-electron chi connectivity index (χ1n) is 7.67. The van der Waals surface area contributed by atoms with Crippen molar-refractivity contribution < 1.29 is 31.5 Å². The van der Waals surface area contributed by atoms with Crippen LogP contribution in [-0.2, 0) is 28.5 Å². The van der Waals surface area contributed by atoms with Crippen molar-refractivity contribution in [3.63, 3.8) is 0 Å². The van der Waals surface area contributed by atoms with Crippen LogP contribution in [-0.4, -0.2) is 33.1 Å². The summed E-state index contributed by atoms with van der Waals surface area (Å²) in [7, 11) is 0. The van der Waals surface area contributed by atoms with Gasteiger partial charge in [-0.25, -0.2) is 4.68 Å². The highest BCUT2D eigenvalue weighted by molar-refractivity contribution is 5.84. The van der Waals surface area contributed by atoms with Gasteiger partial charge < -0.3 is 4.74 Å². The number of hydrogen-bond acceptors (Lipinski definition) is 4. The molecular formula is C15H16F5N3O3. The summed E-state index contributed by atoms with van der Waals surface area (Å²) in [6, 6.07) is 0.198. The highest BCUT2D eigenvalue weighted by Gasteiger charge is 2.60. The number of ether oxygens (including phenoxy) is 1. The summed E-state index contributed by atoms with van der Waals surface area (Å²) in [5.41, 5.74) is -3.07. The number of alkyl halides is 5. The van der Waals surface area contributed by atoms with E-state index in [0.717, 1.165) is 9.25 Å². The van der Waals surface area contributed by atoms with Crippen LogP contribution in [0.25, 0.3) is 11.0 Å². The highest BCUT2D eigenvalue weighted by atomic mass is 19.4. The van der Waals surface area contributed by atoms with Gasteiger partial charge in [-0.3, -0.25) is 14.2 Å². The topological polar surface area (TPSA) is 66.1 Å². The number of carbonyl (C=O) groups is 1. The van der Waals surface area contributed by atoms with Gasteiger partial charge >= 0.3 is 18.1 Å². The van der Waals surface area contributed by atoms with Crippen molar-refractivity contribution in [1.29, 1.82) is 0 Å². The number of aromatic nitrogens is 3. The van der Waals surface area contributed by atoms with Crippen molar-refractivity contribution in [2.45, 2.75) is 46.0 Å². The van der Waals surface area contributed by atoms with Crippen LogP contribution in [0.2, 0.25) is 0 Å². The minimum Gasteiger partial charge on any atom is -0.465 e. The van der Waals surface area contributed by atoms with Crippen molar-refractivity contribution in [1.82, 2.24) is 14.3 Å². The number of esters is 1. The van der Waals surface area contributed by atoms with E-state index in [1.54, 1.807) is 6.92 Å². The number of fused-ring (bicyclic) bond motifs is 1. The second kappa shape index (κ2) is 6.69. The van der Waals surface area contributed by atoms with Crippen LogP contribution in [0.3, 0.4) is 0 Å². The van der Waals surface area contributed by atoms with Crippen LogP contribution in [0, 0.1) is 6.92 Å². The molecule has 0 radical (unpaired) electrons. The van der Waals surface area contributed by atoms with Gasteiger partial charge in [-0.05, 0) is 20.8 Å². The quantitative estimate of drug-likeness (QED) is 0.590. The van der Waals surface area contributed by atoms with E-state index in [4.69, 9.17) is 4.74 Å². The van der Waals surface area contributed by atoms with Crippen molar-refractivity contribution in [3.8, 4) is 0 Å². The molecule has 11 heteroatoms. The Labute approximate surface area is 144 Å². The van der Waals surface area contributed by atoms with Gasteiger partial charge in [0, 0.05) is 23.6 Å². The summed E-state index contributed by atoms with van der Waals surface area (Å²) >= 11 is 0. The number of aryl methyl sites for hydroxylation is 2. The van der Waals surface area contributed by atoms with E-state index >= 15 is 0 Å². The smallest absolute Gasteiger partial charge is 0.458 e. The molecule has 0 unspecified atom stereocenters. The number of halogens is 5. The molecule has 0 fully saturated rings. The van der Waals surface area contributed by atoms with E-state index < -0.39 is 41.1 Å². The maximum absolute atomic E-state index is 14.0. The fourth-order valence-electron chi connectivity index (χ4n) is 2.65. The maximum Gasteiger partial charge on any atom is 0.458 e. The lowest BCUT2D eigenvalue weighted by molar-refractivity contribution is -0.288. The van der Waals surface area contributed by atoms with Crippen LogP contribution in [0.1, 0.15) is 25.1 Å². The second-order valence-corrected chi connectivity index (χ2v) is 5.46. The van der Waals surface area contributed by atoms with E-state index in [9.17, 15) is 31.5 Å². The third-order valence-corrected chi connectivity index (χ3v) is 3.75. The van der Waals surface area contributed by atoms with Gasteiger partial charge in [-0.1, -0.05) is 0 Å². The third-order valence-electron chi connectivity index (χ3n) is 3.75. The summed E-state index contributed by atoms with van der Waals surface area (Å²) in [4.78, 5) is 24.0. The van der Waals surface area contributed by atoms with Crippen molar-refractivity contribution >= 4 is 17.0 Å². The average Bonchev–Trinajstić information content (AvgIpc) is 2.85. The van der Waals surface area contributed by atoms with E-state index in [2.05, 4.69) is 5.10 Å². The van der Waals surface area contributed by atoms with Crippen molar-refractivity contribution in [2.75, 3.05) is 6.61 Å². The lowest BCUT2D eigenvalue weighted by atomic mass is 10.0. The van der Waals surface area contributed by atoms with E-state index in [1.807, 2.05) is 0 Å². The predicted molar refractivity (Wildman–Crippen MR) is 81.0 cm³/mol. The van der Waals surface area contributed by atoms with Gasteiger partial charge in [0.25, 0.3) is 5.56 Å². The Kier molecular flexibility index (Phi) is 5.11. The molecule has 0 aliphatic carbocycles. The molecule has 0 bridgehead atoms. The minimum absolute atomic E-state index is 0.0209. The Hall–Kier alpha value is -2.46. The molecule has 0 spiro atoms. The molecule has 0 aliphatic heterocycles. The summed E-state index contributed by atoms with van der Waals surface area (Å²) in [5, 5.41) is 3.41. The van der Waals surface area contributed by atoms with Crippen molar-refractivity contribution in [3.05, 3.63) is 27.7 Å². The molecule has 0 atom stereocenters. The Morgan fingerprint density at radius 2 is 1.85 bits per heavy atom. The molecule has 144 valence electrons. The minimum atomic E-state index is -5.89. The SMILES string of the molecule is CCOC(=O)Cn1c(=O)cc(C(F)(F)C(F)(F)F)c2c(C)nn(CC)c21. The second-order valence-electron chi connectivity index (χ2n) is 5.46. The van der Waals surface area contributed by atoms with E-state index in [1.165, 1.54) is 13.8 Å². The maximum atomic E-state index is 14.0. The Morgan fingerprint density at radius 1 is 1.23 bits per heavy atom. The first-order chi connectivity index (χ1) is 12.0. The van der Waals surface area contributed by atoms with Gasteiger partial charge in [0.1, 0.15) is 12.2 Å². The van der Waals surface area contributed by atoms with Gasteiger partial charge in [-0.15, -0.1) is 0 Å². The zero-order valence-corrected chi connectivity index (χ0v) is 14.2. The Morgan fingerprint density at radius 3 is 2.35 bits per heavy atom. The van der Waals surface area contributed by atoms with Crippen LogP contribution < -0.4 is 5.56 Å². The molecule has 0 saturated carbocycles. The summed E-state index contributed by atoms with van der Waals surface area (Å²) in [5.74, 6) is -6.08. The molecule has 2 rings (SSSR count). The molecular weight excluding hydrogens is 365 g/mol. The molecule has 0 N–H and O–H groups in total. The number of nitrogens with zero attached hydrogens (tertiary/aromatic N) is 3. The van der Waals surface area contributed by atoms with Crippen LogP contribution in [0.4, 0.5) is 22.0 Å². The molecule has 26 heavy (non-hydrogen) atoms. The molecule has 0 aliphatic rings. The molecule has 6 nitrogen and oxygen atoms in total. The van der Waals surface area contributed by atoms with Gasteiger partial charge in [0.05, 0.1) is 12.3 Å². The zero-order chi connectivity index (χ0) is 19.9. The van der Waals surface area contributed by atoms with Gasteiger partial charge in [-0.2, -0.15) is 27.1 Å². The fraction of sp³-hybridized carbons (Fsp3) is 0.533. The summed E-state index contributed by atoms with van der Waals surface area (Å²) in [6.07, 6.45) is -5.89. The summed E-state index contributed by atoms with van der Waals surface area (Å²) in [6.45, 7) is 3.83. The predicted octanol–water partition coefficient (Wildman–Crippen LogP) is 2.74. The van der Waals surface area contributed by atoms with Gasteiger partial charge in [0.2, 0.25) is 0 Å². The molecule has 2 aromatic rings. The molecule has 2 heterocycles. The molecule has 0 amide bonds. The lowest BCUT2D eigenvalue weighted by Gasteiger charge is -2.21. The fourth-order valence-corrected chi connectivity index (χ4v) is 2.65. The Balaban J connectivity index is 2.87. The highest BCUT2D eigenvalue weighted by Crippen LogP contribution is 2.46. The average molecular weight is 381 g/mol. The molecule has 0 aromatic carbocycles. The number of rotatable bonds is 5. The lowest BCUT2D eigenvalue weighted by Crippen LogP contribution is -2.36. The molecule has 0 saturated heterocycles. The van der Waals surface area contributed by atoms with Crippen molar-refractivity contribution in [2.24, 2.45) is 0 Å². The number of pyridine rings is 1. The van der Waals surface area contributed by atoms with Gasteiger partial charge in [0.15, 0.2) is 0 Å². The monoisotopic (exact) mass is 381 g/mol. The van der Waals surface area contributed by atoms with Crippen LogP contribution in [0.5, 0.6) is 0 Å². The Bertz CT molecular complexity index is 899. The first kappa shape index (κ1) is 19.9. The standard InChI is InChI=1S/C15H16F5N3O3/c1-4-23-13-12(8(3)21-23)9(14(16,17)15(18,19)20)6-10(24)22(13)7-11(25)26-5-2/h6H,4-5,7H2,1-3H3. The first-order valence-corrected chi connectivity index (χ1v) is 7.67. The van der Waals surface area contributed by atoms with E-state index in [-0.39, 0.29) is 30.6 Å².